The highest BCUT2D eigenvalue weighted by molar-refractivity contribution is 7.13. The molecule has 1 fully saturated rings. The van der Waals surface area contributed by atoms with Crippen LogP contribution in [0.5, 0.6) is 0 Å². The molecule has 0 amide bonds. The molecule has 4 nitrogen and oxygen atoms in total. The van der Waals surface area contributed by atoms with Gasteiger partial charge >= 0.3 is 5.97 Å². The normalized spacial score (nSPS) is 14.2. The lowest BCUT2D eigenvalue weighted by atomic mass is 10.0. The number of carboxylic acids is 1. The highest BCUT2D eigenvalue weighted by Gasteiger charge is 2.36. The average molecular weight is 383 g/mol. The number of rotatable bonds is 3. The zero-order valence-electron chi connectivity index (χ0n) is 12.9. The van der Waals surface area contributed by atoms with Gasteiger partial charge in [0.15, 0.2) is 23.3 Å². The van der Waals surface area contributed by atoms with E-state index in [1.54, 1.807) is 11.4 Å². The number of halogens is 4. The molecule has 0 atom stereocenters. The highest BCUT2D eigenvalue weighted by atomic mass is 32.1. The van der Waals surface area contributed by atoms with E-state index in [0.29, 0.717) is 17.7 Å². The summed E-state index contributed by atoms with van der Waals surface area (Å²) in [5.41, 5.74) is -3.06. The van der Waals surface area contributed by atoms with Gasteiger partial charge in [0.05, 0.1) is 21.5 Å². The molecule has 1 aliphatic carbocycles. The first kappa shape index (κ1) is 16.8. The fourth-order valence-electron chi connectivity index (χ4n) is 3.07. The number of carbonyl (C=O) groups is 1. The topological polar surface area (TPSA) is 59.3 Å². The van der Waals surface area contributed by atoms with Crippen molar-refractivity contribution in [3.8, 4) is 10.6 Å². The minimum atomic E-state index is -2.14. The quantitative estimate of drug-likeness (QED) is 0.416. The zero-order chi connectivity index (χ0) is 18.7. The van der Waals surface area contributed by atoms with Gasteiger partial charge in [-0.2, -0.15) is 0 Å². The van der Waals surface area contributed by atoms with E-state index in [0.717, 1.165) is 15.9 Å². The molecule has 0 saturated heterocycles. The molecule has 134 valence electrons. The maximum Gasteiger partial charge on any atom is 0.341 e. The smallest absolute Gasteiger partial charge is 0.341 e. The number of hydrogen-bond acceptors (Lipinski definition) is 3. The van der Waals surface area contributed by atoms with E-state index in [2.05, 4.69) is 0 Å². The van der Waals surface area contributed by atoms with Gasteiger partial charge in [-0.1, -0.05) is 6.07 Å². The van der Waals surface area contributed by atoms with E-state index in [1.807, 2.05) is 0 Å². The molecule has 26 heavy (non-hydrogen) atoms. The molecule has 0 spiro atoms. The molecule has 1 aromatic carbocycles. The summed E-state index contributed by atoms with van der Waals surface area (Å²) >= 11 is 1.09. The number of thiophene rings is 1. The fraction of sp³-hybridized carbons (Fsp3) is 0.176. The van der Waals surface area contributed by atoms with Crippen LogP contribution in [0.2, 0.25) is 0 Å². The molecule has 2 heterocycles. The van der Waals surface area contributed by atoms with Gasteiger partial charge in [-0.05, 0) is 24.3 Å². The Hall–Kier alpha value is -2.68. The van der Waals surface area contributed by atoms with Crippen LogP contribution in [0.1, 0.15) is 29.2 Å². The number of pyridine rings is 1. The summed E-state index contributed by atoms with van der Waals surface area (Å²) in [5.74, 6) is -9.44. The van der Waals surface area contributed by atoms with Crippen LogP contribution in [0, 0.1) is 23.3 Å². The lowest BCUT2D eigenvalue weighted by Gasteiger charge is -2.19. The lowest BCUT2D eigenvalue weighted by Crippen LogP contribution is -2.24. The van der Waals surface area contributed by atoms with Crippen molar-refractivity contribution < 1.29 is 27.5 Å². The number of carboxylic acid groups (broad SMARTS) is 1. The third kappa shape index (κ3) is 2.20. The van der Waals surface area contributed by atoms with E-state index >= 15 is 0 Å². The van der Waals surface area contributed by atoms with Gasteiger partial charge in [0.2, 0.25) is 5.43 Å². The van der Waals surface area contributed by atoms with Gasteiger partial charge in [-0.25, -0.2) is 22.4 Å². The predicted octanol–water partition coefficient (Wildman–Crippen LogP) is 4.32. The Kier molecular flexibility index (Phi) is 3.65. The summed E-state index contributed by atoms with van der Waals surface area (Å²) in [6.45, 7) is 0. The summed E-state index contributed by atoms with van der Waals surface area (Å²) in [6.07, 6.45) is 1.02. The third-order valence-corrected chi connectivity index (χ3v) is 5.17. The van der Waals surface area contributed by atoms with Crippen molar-refractivity contribution in [2.24, 2.45) is 0 Å². The van der Waals surface area contributed by atoms with Gasteiger partial charge in [0.25, 0.3) is 0 Å². The summed E-state index contributed by atoms with van der Waals surface area (Å²) in [7, 11) is 0. The molecular weight excluding hydrogens is 374 g/mol. The molecule has 3 aromatic rings. The molecule has 1 N–H and O–H groups in total. The fourth-order valence-corrected chi connectivity index (χ4v) is 3.84. The number of benzene rings is 1. The molecule has 0 aliphatic heterocycles. The monoisotopic (exact) mass is 383 g/mol. The SMILES string of the molecule is O=C(O)c1c(-c2cccs2)n(C2CC2)c2c(F)c(F)c(F)c(F)c2c1=O. The molecule has 0 bridgehead atoms. The standard InChI is InChI=1S/C17H9F4NO3S/c18-10-8-15(13(21)12(20)11(10)19)22(6-3-4-6)14(7-2-1-5-26-7)9(16(8)23)17(24)25/h1-2,5-6H,3-4H2,(H,24,25). The molecule has 1 aliphatic rings. The van der Waals surface area contributed by atoms with Crippen LogP contribution in [-0.4, -0.2) is 15.6 Å². The Morgan fingerprint density at radius 2 is 1.77 bits per heavy atom. The lowest BCUT2D eigenvalue weighted by molar-refractivity contribution is 0.0696. The van der Waals surface area contributed by atoms with Crippen molar-refractivity contribution in [3.63, 3.8) is 0 Å². The largest absolute Gasteiger partial charge is 0.477 e. The summed E-state index contributed by atoms with van der Waals surface area (Å²) < 4.78 is 57.5. The Labute approximate surface area is 146 Å². The van der Waals surface area contributed by atoms with Crippen LogP contribution in [0.3, 0.4) is 0 Å². The van der Waals surface area contributed by atoms with Gasteiger partial charge < -0.3 is 9.67 Å². The van der Waals surface area contributed by atoms with Gasteiger partial charge in [-0.3, -0.25) is 4.79 Å². The van der Waals surface area contributed by atoms with Crippen LogP contribution in [0.4, 0.5) is 17.6 Å². The second kappa shape index (κ2) is 5.66. The van der Waals surface area contributed by atoms with Crippen molar-refractivity contribution in [2.45, 2.75) is 18.9 Å². The van der Waals surface area contributed by atoms with Crippen LogP contribution in [-0.2, 0) is 0 Å². The molecule has 4 rings (SSSR count). The molecular formula is C17H9F4NO3S. The first-order chi connectivity index (χ1) is 12.3. The highest BCUT2D eigenvalue weighted by Crippen LogP contribution is 2.43. The number of aromatic nitrogens is 1. The first-order valence-electron chi connectivity index (χ1n) is 7.55. The maximum absolute atomic E-state index is 14.5. The first-order valence-corrected chi connectivity index (χ1v) is 8.43. The average Bonchev–Trinajstić information content (AvgIpc) is 3.29. The van der Waals surface area contributed by atoms with Crippen molar-refractivity contribution in [1.82, 2.24) is 4.57 Å². The van der Waals surface area contributed by atoms with E-state index < -0.39 is 57.2 Å². The number of aromatic carboxylic acids is 1. The summed E-state index contributed by atoms with van der Waals surface area (Å²) in [6, 6.07) is 2.68. The third-order valence-electron chi connectivity index (χ3n) is 4.30. The van der Waals surface area contributed by atoms with Crippen LogP contribution < -0.4 is 5.43 Å². The molecule has 0 unspecified atom stereocenters. The Morgan fingerprint density at radius 1 is 1.12 bits per heavy atom. The van der Waals surface area contributed by atoms with Crippen LogP contribution in [0.15, 0.2) is 22.3 Å². The van der Waals surface area contributed by atoms with E-state index in [4.69, 9.17) is 0 Å². The van der Waals surface area contributed by atoms with Crippen LogP contribution in [0.25, 0.3) is 21.5 Å². The summed E-state index contributed by atoms with van der Waals surface area (Å²) in [4.78, 5) is 24.7. The Morgan fingerprint density at radius 3 is 2.31 bits per heavy atom. The van der Waals surface area contributed by atoms with Crippen molar-refractivity contribution in [3.05, 3.63) is 56.6 Å². The maximum atomic E-state index is 14.5. The number of fused-ring (bicyclic) bond motifs is 1. The summed E-state index contributed by atoms with van der Waals surface area (Å²) in [5, 5.41) is 10.1. The van der Waals surface area contributed by atoms with Crippen molar-refractivity contribution >= 4 is 28.2 Å². The van der Waals surface area contributed by atoms with Gasteiger partial charge in [0.1, 0.15) is 5.56 Å². The molecule has 0 radical (unpaired) electrons. The minimum Gasteiger partial charge on any atom is -0.477 e. The number of hydrogen-bond donors (Lipinski definition) is 1. The predicted molar refractivity (Wildman–Crippen MR) is 86.6 cm³/mol. The second-order valence-electron chi connectivity index (χ2n) is 5.92. The van der Waals surface area contributed by atoms with E-state index in [1.165, 1.54) is 6.07 Å². The van der Waals surface area contributed by atoms with E-state index in [9.17, 15) is 32.3 Å². The van der Waals surface area contributed by atoms with E-state index in [-0.39, 0.29) is 5.69 Å². The molecule has 1 saturated carbocycles. The minimum absolute atomic E-state index is 0.128. The van der Waals surface area contributed by atoms with Crippen molar-refractivity contribution in [2.75, 3.05) is 0 Å². The number of nitrogens with zero attached hydrogens (tertiary/aromatic N) is 1. The second-order valence-corrected chi connectivity index (χ2v) is 6.86. The van der Waals surface area contributed by atoms with Crippen LogP contribution >= 0.6 is 11.3 Å². The van der Waals surface area contributed by atoms with Gasteiger partial charge in [-0.15, -0.1) is 11.3 Å². The Bertz CT molecular complexity index is 1130. The molecule has 9 heteroatoms. The Balaban J connectivity index is 2.34. The zero-order valence-corrected chi connectivity index (χ0v) is 13.7. The molecule has 2 aromatic heterocycles. The van der Waals surface area contributed by atoms with Crippen molar-refractivity contribution in [1.29, 1.82) is 0 Å². The van der Waals surface area contributed by atoms with Gasteiger partial charge in [0, 0.05) is 6.04 Å².